The third-order valence-corrected chi connectivity index (χ3v) is 3.51. The van der Waals surface area contributed by atoms with E-state index >= 15 is 0 Å². The molecule has 1 aromatic heterocycles. The molecule has 1 amide bonds. The summed E-state index contributed by atoms with van der Waals surface area (Å²) in [6.45, 7) is 3.74. The van der Waals surface area contributed by atoms with E-state index in [-0.39, 0.29) is 11.9 Å². The number of rotatable bonds is 5. The molecule has 1 heterocycles. The number of nitrogens with one attached hydrogen (secondary N) is 2. The average molecular weight is 385 g/mol. The highest BCUT2D eigenvalue weighted by Crippen LogP contribution is 2.14. The van der Waals surface area contributed by atoms with E-state index in [2.05, 4.69) is 38.4 Å². The van der Waals surface area contributed by atoms with Crippen LogP contribution in [0.15, 0.2) is 34.9 Å². The van der Waals surface area contributed by atoms with Crippen molar-refractivity contribution in [2.24, 2.45) is 0 Å². The van der Waals surface area contributed by atoms with Crippen LogP contribution < -0.4 is 10.6 Å². The van der Waals surface area contributed by atoms with Crippen LogP contribution in [0.5, 0.6) is 0 Å². The first-order chi connectivity index (χ1) is 9.58. The van der Waals surface area contributed by atoms with Gasteiger partial charge in [-0.1, -0.05) is 12.1 Å². The highest BCUT2D eigenvalue weighted by molar-refractivity contribution is 14.1. The van der Waals surface area contributed by atoms with Gasteiger partial charge in [0.25, 0.3) is 0 Å². The maximum Gasteiger partial charge on any atom is 0.248 e. The lowest BCUT2D eigenvalue weighted by atomic mass is 10.2. The highest BCUT2D eigenvalue weighted by atomic mass is 127. The topological polar surface area (TPSA) is 67.2 Å². The van der Waals surface area contributed by atoms with Crippen molar-refractivity contribution < 1.29 is 9.32 Å². The van der Waals surface area contributed by atoms with Gasteiger partial charge in [0.15, 0.2) is 5.82 Å². The standard InChI is InChI=1S/C14H16IN3O2/c1-3-12(16-11-6-4-10(15)5-7-11)14(19)17-13-8-9(2)20-18-13/h4-8,12,16H,3H2,1-2H3,(H,17,18,19)/t12-/m1/s1. The quantitative estimate of drug-likeness (QED) is 0.775. The second-order valence-electron chi connectivity index (χ2n) is 4.42. The Morgan fingerprint density at radius 2 is 2.10 bits per heavy atom. The molecule has 5 nitrogen and oxygen atoms in total. The number of anilines is 2. The molecule has 0 saturated carbocycles. The van der Waals surface area contributed by atoms with Crippen LogP contribution in [0.2, 0.25) is 0 Å². The molecular weight excluding hydrogens is 369 g/mol. The molecule has 0 spiro atoms. The maximum atomic E-state index is 12.2. The molecule has 0 fully saturated rings. The molecular formula is C14H16IN3O2. The lowest BCUT2D eigenvalue weighted by molar-refractivity contribution is -0.117. The second kappa shape index (κ2) is 6.74. The van der Waals surface area contributed by atoms with Crippen molar-refractivity contribution >= 4 is 40.0 Å². The maximum absolute atomic E-state index is 12.2. The molecule has 1 aromatic carbocycles. The Morgan fingerprint density at radius 1 is 1.40 bits per heavy atom. The van der Waals surface area contributed by atoms with Gasteiger partial charge in [-0.25, -0.2) is 0 Å². The molecule has 0 radical (unpaired) electrons. The third kappa shape index (κ3) is 3.96. The summed E-state index contributed by atoms with van der Waals surface area (Å²) in [6.07, 6.45) is 0.675. The van der Waals surface area contributed by atoms with Crippen LogP contribution in [0.25, 0.3) is 0 Å². The number of hydrogen-bond acceptors (Lipinski definition) is 4. The number of benzene rings is 1. The van der Waals surface area contributed by atoms with Crippen molar-refractivity contribution in [2.75, 3.05) is 10.6 Å². The van der Waals surface area contributed by atoms with E-state index < -0.39 is 0 Å². The molecule has 0 bridgehead atoms. The normalized spacial score (nSPS) is 11.9. The summed E-state index contributed by atoms with van der Waals surface area (Å²) in [5.74, 6) is 0.980. The summed E-state index contributed by atoms with van der Waals surface area (Å²) in [5, 5.41) is 9.70. The molecule has 2 N–H and O–H groups in total. The Labute approximate surface area is 131 Å². The Balaban J connectivity index is 2.00. The van der Waals surface area contributed by atoms with Gasteiger partial charge in [0.1, 0.15) is 11.8 Å². The predicted molar refractivity (Wildman–Crippen MR) is 86.7 cm³/mol. The molecule has 0 saturated heterocycles. The number of halogens is 1. The minimum Gasteiger partial charge on any atom is -0.374 e. The predicted octanol–water partition coefficient (Wildman–Crippen LogP) is 3.42. The minimum atomic E-state index is -0.313. The largest absolute Gasteiger partial charge is 0.374 e. The van der Waals surface area contributed by atoms with E-state index in [1.807, 2.05) is 31.2 Å². The SMILES string of the molecule is CC[C@@H](Nc1ccc(I)cc1)C(=O)Nc1cc(C)on1. The molecule has 0 aliphatic carbocycles. The summed E-state index contributed by atoms with van der Waals surface area (Å²) in [4.78, 5) is 12.2. The van der Waals surface area contributed by atoms with Crippen LogP contribution in [0, 0.1) is 10.5 Å². The molecule has 2 aromatic rings. The third-order valence-electron chi connectivity index (χ3n) is 2.79. The van der Waals surface area contributed by atoms with Crippen LogP contribution in [0.4, 0.5) is 11.5 Å². The number of carbonyl (C=O) groups is 1. The Kier molecular flexibility index (Phi) is 4.99. The zero-order chi connectivity index (χ0) is 14.5. The molecule has 106 valence electrons. The number of hydrogen-bond donors (Lipinski definition) is 2. The summed E-state index contributed by atoms with van der Waals surface area (Å²) in [5.41, 5.74) is 0.920. The zero-order valence-electron chi connectivity index (χ0n) is 11.3. The minimum absolute atomic E-state index is 0.126. The van der Waals surface area contributed by atoms with Crippen LogP contribution >= 0.6 is 22.6 Å². The van der Waals surface area contributed by atoms with Crippen molar-refractivity contribution in [2.45, 2.75) is 26.3 Å². The number of aromatic nitrogens is 1. The number of carbonyl (C=O) groups excluding carboxylic acids is 1. The first kappa shape index (κ1) is 14.8. The van der Waals surface area contributed by atoms with E-state index in [4.69, 9.17) is 4.52 Å². The van der Waals surface area contributed by atoms with Crippen molar-refractivity contribution in [1.29, 1.82) is 0 Å². The van der Waals surface area contributed by atoms with Crippen LogP contribution in [-0.2, 0) is 4.79 Å². The summed E-state index contributed by atoms with van der Waals surface area (Å²) >= 11 is 2.24. The molecule has 2 rings (SSSR count). The van der Waals surface area contributed by atoms with Crippen molar-refractivity contribution in [3.8, 4) is 0 Å². The van der Waals surface area contributed by atoms with Gasteiger partial charge in [0, 0.05) is 15.3 Å². The Bertz CT molecular complexity index is 580. The molecule has 1 atom stereocenters. The van der Waals surface area contributed by atoms with Crippen molar-refractivity contribution in [1.82, 2.24) is 5.16 Å². The number of amides is 1. The first-order valence-electron chi connectivity index (χ1n) is 6.34. The Hall–Kier alpha value is -1.57. The van der Waals surface area contributed by atoms with Gasteiger partial charge in [-0.15, -0.1) is 0 Å². The van der Waals surface area contributed by atoms with Crippen LogP contribution in [0.3, 0.4) is 0 Å². The fourth-order valence-electron chi connectivity index (χ4n) is 1.74. The van der Waals surface area contributed by atoms with Crippen LogP contribution in [-0.4, -0.2) is 17.1 Å². The lowest BCUT2D eigenvalue weighted by Gasteiger charge is -2.17. The lowest BCUT2D eigenvalue weighted by Crippen LogP contribution is -2.34. The van der Waals surface area contributed by atoms with Gasteiger partial charge in [0.2, 0.25) is 5.91 Å². The Morgan fingerprint density at radius 3 is 2.65 bits per heavy atom. The monoisotopic (exact) mass is 385 g/mol. The van der Waals surface area contributed by atoms with Crippen molar-refractivity contribution in [3.05, 3.63) is 39.7 Å². The summed E-state index contributed by atoms with van der Waals surface area (Å²) in [6, 6.07) is 9.28. The van der Waals surface area contributed by atoms with E-state index in [9.17, 15) is 4.79 Å². The van der Waals surface area contributed by atoms with E-state index in [0.29, 0.717) is 18.0 Å². The fourth-order valence-corrected chi connectivity index (χ4v) is 2.10. The molecule has 0 aliphatic heterocycles. The second-order valence-corrected chi connectivity index (χ2v) is 5.67. The molecule has 20 heavy (non-hydrogen) atoms. The number of aryl methyl sites for hydroxylation is 1. The van der Waals surface area contributed by atoms with Crippen LogP contribution in [0.1, 0.15) is 19.1 Å². The van der Waals surface area contributed by atoms with Gasteiger partial charge in [-0.3, -0.25) is 4.79 Å². The molecule has 0 unspecified atom stereocenters. The average Bonchev–Trinajstić information content (AvgIpc) is 2.83. The summed E-state index contributed by atoms with van der Waals surface area (Å²) < 4.78 is 6.08. The molecule has 6 heteroatoms. The smallest absolute Gasteiger partial charge is 0.248 e. The van der Waals surface area contributed by atoms with Gasteiger partial charge in [0.05, 0.1) is 0 Å². The van der Waals surface area contributed by atoms with Crippen molar-refractivity contribution in [3.63, 3.8) is 0 Å². The summed E-state index contributed by atoms with van der Waals surface area (Å²) in [7, 11) is 0. The fraction of sp³-hybridized carbons (Fsp3) is 0.286. The van der Waals surface area contributed by atoms with Gasteiger partial charge < -0.3 is 15.2 Å². The zero-order valence-corrected chi connectivity index (χ0v) is 13.5. The van der Waals surface area contributed by atoms with E-state index in [0.717, 1.165) is 9.26 Å². The molecule has 0 aliphatic rings. The highest BCUT2D eigenvalue weighted by Gasteiger charge is 2.17. The van der Waals surface area contributed by atoms with Gasteiger partial charge >= 0.3 is 0 Å². The van der Waals surface area contributed by atoms with E-state index in [1.165, 1.54) is 0 Å². The number of nitrogens with zero attached hydrogens (tertiary/aromatic N) is 1. The van der Waals surface area contributed by atoms with Gasteiger partial charge in [-0.05, 0) is 60.2 Å². The van der Waals surface area contributed by atoms with E-state index in [1.54, 1.807) is 13.0 Å². The van der Waals surface area contributed by atoms with Gasteiger partial charge in [-0.2, -0.15) is 0 Å². The first-order valence-corrected chi connectivity index (χ1v) is 7.42.